The highest BCUT2D eigenvalue weighted by Crippen LogP contribution is 2.31. The van der Waals surface area contributed by atoms with E-state index in [0.29, 0.717) is 15.6 Å². The molecule has 7 heteroatoms. The van der Waals surface area contributed by atoms with Crippen LogP contribution in [0.1, 0.15) is 0 Å². The average molecular weight is 363 g/mol. The Hall–Kier alpha value is -2.50. The highest BCUT2D eigenvalue weighted by Gasteiger charge is 2.15. The molecule has 0 amide bonds. The van der Waals surface area contributed by atoms with Crippen molar-refractivity contribution in [2.75, 3.05) is 6.61 Å². The molecular weight excluding hydrogens is 351 g/mol. The number of halogens is 2. The maximum absolute atomic E-state index is 10.8. The summed E-state index contributed by atoms with van der Waals surface area (Å²) in [5.74, 6) is -0.840. The van der Waals surface area contributed by atoms with Gasteiger partial charge >= 0.3 is 5.97 Å². The SMILES string of the molecule is O=C(O)COc1nn(-c2ccc(Cl)cc2)cc1-c1ccc(Cl)cc1. The smallest absolute Gasteiger partial charge is 0.341 e. The highest BCUT2D eigenvalue weighted by molar-refractivity contribution is 6.30. The van der Waals surface area contributed by atoms with Crippen molar-refractivity contribution in [3.8, 4) is 22.7 Å². The molecule has 3 rings (SSSR count). The van der Waals surface area contributed by atoms with E-state index < -0.39 is 12.6 Å². The van der Waals surface area contributed by atoms with Gasteiger partial charge in [-0.1, -0.05) is 35.3 Å². The van der Waals surface area contributed by atoms with Gasteiger partial charge in [-0.25, -0.2) is 9.48 Å². The van der Waals surface area contributed by atoms with Crippen LogP contribution in [0.15, 0.2) is 54.7 Å². The van der Waals surface area contributed by atoms with Gasteiger partial charge in [-0.3, -0.25) is 0 Å². The molecule has 0 unspecified atom stereocenters. The van der Waals surface area contributed by atoms with Gasteiger partial charge in [0.05, 0.1) is 11.3 Å². The quantitative estimate of drug-likeness (QED) is 0.734. The summed E-state index contributed by atoms with van der Waals surface area (Å²) in [6.45, 7) is -0.474. The van der Waals surface area contributed by atoms with E-state index in [1.54, 1.807) is 35.1 Å². The monoisotopic (exact) mass is 362 g/mol. The summed E-state index contributed by atoms with van der Waals surface area (Å²) >= 11 is 11.8. The fraction of sp³-hybridized carbons (Fsp3) is 0.0588. The second kappa shape index (κ2) is 6.95. The van der Waals surface area contributed by atoms with Gasteiger partial charge in [0.1, 0.15) is 0 Å². The average Bonchev–Trinajstić information content (AvgIpc) is 2.98. The molecule has 0 aliphatic rings. The first-order chi connectivity index (χ1) is 11.5. The van der Waals surface area contributed by atoms with E-state index >= 15 is 0 Å². The third kappa shape index (κ3) is 3.69. The van der Waals surface area contributed by atoms with Crippen LogP contribution in [0, 0.1) is 0 Å². The zero-order valence-electron chi connectivity index (χ0n) is 12.3. The van der Waals surface area contributed by atoms with Gasteiger partial charge in [0, 0.05) is 16.2 Å². The molecule has 3 aromatic rings. The highest BCUT2D eigenvalue weighted by atomic mass is 35.5. The molecule has 5 nitrogen and oxygen atoms in total. The number of carboxylic acid groups (broad SMARTS) is 1. The molecule has 0 aliphatic heterocycles. The van der Waals surface area contributed by atoms with Crippen molar-refractivity contribution in [3.63, 3.8) is 0 Å². The molecule has 1 heterocycles. The molecule has 0 bridgehead atoms. The lowest BCUT2D eigenvalue weighted by Gasteiger charge is -2.03. The lowest BCUT2D eigenvalue weighted by atomic mass is 10.1. The minimum atomic E-state index is -1.07. The Morgan fingerprint density at radius 2 is 1.62 bits per heavy atom. The maximum atomic E-state index is 10.8. The van der Waals surface area contributed by atoms with Crippen LogP contribution in [0.4, 0.5) is 0 Å². The van der Waals surface area contributed by atoms with Gasteiger partial charge in [0.15, 0.2) is 6.61 Å². The molecule has 122 valence electrons. The predicted octanol–water partition coefficient (Wildman–Crippen LogP) is 4.31. The summed E-state index contributed by atoms with van der Waals surface area (Å²) in [6, 6.07) is 14.2. The minimum absolute atomic E-state index is 0.231. The van der Waals surface area contributed by atoms with Gasteiger partial charge in [-0.15, -0.1) is 5.10 Å². The Labute approximate surface area is 148 Å². The van der Waals surface area contributed by atoms with Crippen LogP contribution < -0.4 is 4.74 Å². The Bertz CT molecular complexity index is 859. The van der Waals surface area contributed by atoms with Gasteiger partial charge in [0.25, 0.3) is 0 Å². The number of carbonyl (C=O) groups is 1. The van der Waals surface area contributed by atoms with E-state index in [0.717, 1.165) is 11.3 Å². The molecule has 0 saturated heterocycles. The summed E-state index contributed by atoms with van der Waals surface area (Å²) < 4.78 is 6.93. The molecule has 0 fully saturated rings. The maximum Gasteiger partial charge on any atom is 0.341 e. The third-order valence-electron chi connectivity index (χ3n) is 3.26. The van der Waals surface area contributed by atoms with Crippen molar-refractivity contribution < 1.29 is 14.6 Å². The lowest BCUT2D eigenvalue weighted by Crippen LogP contribution is -2.10. The zero-order valence-corrected chi connectivity index (χ0v) is 13.8. The topological polar surface area (TPSA) is 64.3 Å². The molecule has 0 saturated carbocycles. The number of nitrogens with zero attached hydrogens (tertiary/aromatic N) is 2. The Morgan fingerprint density at radius 3 is 2.21 bits per heavy atom. The number of benzene rings is 2. The van der Waals surface area contributed by atoms with Crippen molar-refractivity contribution in [2.45, 2.75) is 0 Å². The van der Waals surface area contributed by atoms with E-state index in [4.69, 9.17) is 33.0 Å². The van der Waals surface area contributed by atoms with E-state index in [9.17, 15) is 4.79 Å². The zero-order chi connectivity index (χ0) is 17.1. The largest absolute Gasteiger partial charge is 0.479 e. The van der Waals surface area contributed by atoms with E-state index in [1.165, 1.54) is 0 Å². The number of hydrogen-bond donors (Lipinski definition) is 1. The van der Waals surface area contributed by atoms with Gasteiger partial charge in [0.2, 0.25) is 5.88 Å². The standard InChI is InChI=1S/C17H12Cl2N2O3/c18-12-3-1-11(2-4-12)15-9-21(14-7-5-13(19)6-8-14)20-17(15)24-10-16(22)23/h1-9H,10H2,(H,22,23). The molecule has 1 aromatic heterocycles. The fourth-order valence-electron chi connectivity index (χ4n) is 2.15. The van der Waals surface area contributed by atoms with Crippen molar-refractivity contribution in [2.24, 2.45) is 0 Å². The Kier molecular flexibility index (Phi) is 4.74. The first kappa shape index (κ1) is 16.4. The van der Waals surface area contributed by atoms with Crippen LogP contribution in [0.5, 0.6) is 5.88 Å². The third-order valence-corrected chi connectivity index (χ3v) is 3.76. The second-order valence-corrected chi connectivity index (χ2v) is 5.83. The van der Waals surface area contributed by atoms with Crippen molar-refractivity contribution in [1.29, 1.82) is 0 Å². The molecule has 0 atom stereocenters. The normalized spacial score (nSPS) is 10.6. The number of ether oxygens (including phenoxy) is 1. The van der Waals surface area contributed by atoms with Crippen LogP contribution in [0.25, 0.3) is 16.8 Å². The number of hydrogen-bond acceptors (Lipinski definition) is 3. The summed E-state index contributed by atoms with van der Waals surface area (Å²) in [5.41, 5.74) is 2.27. The second-order valence-electron chi connectivity index (χ2n) is 4.96. The van der Waals surface area contributed by atoms with Crippen LogP contribution in [-0.2, 0) is 4.79 Å². The summed E-state index contributed by atoms with van der Waals surface area (Å²) in [7, 11) is 0. The Balaban J connectivity index is 2.02. The number of aromatic nitrogens is 2. The molecule has 0 radical (unpaired) electrons. The first-order valence-corrected chi connectivity index (χ1v) is 7.74. The minimum Gasteiger partial charge on any atom is -0.479 e. The predicted molar refractivity (Wildman–Crippen MR) is 92.2 cm³/mol. The van der Waals surface area contributed by atoms with Gasteiger partial charge < -0.3 is 9.84 Å². The van der Waals surface area contributed by atoms with Crippen LogP contribution in [0.2, 0.25) is 10.0 Å². The van der Waals surface area contributed by atoms with Gasteiger partial charge in [-0.2, -0.15) is 0 Å². The number of rotatable bonds is 5. The first-order valence-electron chi connectivity index (χ1n) is 6.99. The van der Waals surface area contributed by atoms with Crippen molar-refractivity contribution >= 4 is 29.2 Å². The van der Waals surface area contributed by atoms with Crippen molar-refractivity contribution in [3.05, 3.63) is 64.8 Å². The number of aliphatic carboxylic acids is 1. The number of carboxylic acids is 1. The Morgan fingerprint density at radius 1 is 1.04 bits per heavy atom. The van der Waals surface area contributed by atoms with Gasteiger partial charge in [-0.05, 0) is 42.0 Å². The van der Waals surface area contributed by atoms with Crippen molar-refractivity contribution in [1.82, 2.24) is 9.78 Å². The summed E-state index contributed by atoms with van der Waals surface area (Å²) in [6.07, 6.45) is 1.77. The summed E-state index contributed by atoms with van der Waals surface area (Å²) in [4.78, 5) is 10.8. The van der Waals surface area contributed by atoms with Crippen LogP contribution in [0.3, 0.4) is 0 Å². The summed E-state index contributed by atoms with van der Waals surface area (Å²) in [5, 5.41) is 14.4. The fourth-order valence-corrected chi connectivity index (χ4v) is 2.40. The van der Waals surface area contributed by atoms with E-state index in [1.807, 2.05) is 24.3 Å². The molecular formula is C17H12Cl2N2O3. The molecule has 0 spiro atoms. The molecule has 2 aromatic carbocycles. The van der Waals surface area contributed by atoms with E-state index in [2.05, 4.69) is 5.10 Å². The molecule has 0 aliphatic carbocycles. The lowest BCUT2D eigenvalue weighted by molar-refractivity contribution is -0.139. The molecule has 24 heavy (non-hydrogen) atoms. The van der Waals surface area contributed by atoms with Crippen LogP contribution in [-0.4, -0.2) is 27.5 Å². The molecule has 1 N–H and O–H groups in total. The van der Waals surface area contributed by atoms with E-state index in [-0.39, 0.29) is 5.88 Å². The van der Waals surface area contributed by atoms with Crippen LogP contribution >= 0.6 is 23.2 Å².